The molecule has 0 bridgehead atoms. The Bertz CT molecular complexity index is 958. The zero-order chi connectivity index (χ0) is 20.3. The van der Waals surface area contributed by atoms with Crippen molar-refractivity contribution in [1.82, 2.24) is 5.32 Å². The summed E-state index contributed by atoms with van der Waals surface area (Å²) in [5, 5.41) is 21.9. The number of fused-ring (bicyclic) bond motifs is 1. The number of benzene rings is 2. The van der Waals surface area contributed by atoms with E-state index < -0.39 is 30.5 Å². The minimum atomic E-state index is -3.86. The summed E-state index contributed by atoms with van der Waals surface area (Å²) in [4.78, 5) is 12.2. The number of hydrogen-bond acceptors (Lipinski definition) is 5. The van der Waals surface area contributed by atoms with Gasteiger partial charge in [0.25, 0.3) is 5.91 Å². The van der Waals surface area contributed by atoms with Crippen LogP contribution in [0.15, 0.2) is 59.2 Å². The first kappa shape index (κ1) is 19.8. The lowest BCUT2D eigenvalue weighted by Crippen LogP contribution is -2.52. The number of hydrogen-bond donors (Lipinski definition) is 3. The van der Waals surface area contributed by atoms with Gasteiger partial charge in [0, 0.05) is 10.9 Å². The monoisotopic (exact) mass is 389 g/mol. The van der Waals surface area contributed by atoms with Crippen LogP contribution in [0, 0.1) is 0 Å². The number of rotatable bonds is 7. The number of methoxy groups -OCH3 is 1. The van der Waals surface area contributed by atoms with Crippen molar-refractivity contribution in [3.63, 3.8) is 0 Å². The molecule has 1 aromatic heterocycles. The number of carbonyl (C=O) groups excluding carboxylic acids is 1. The summed E-state index contributed by atoms with van der Waals surface area (Å²) in [6.07, 6.45) is 1.30. The predicted octanol–water partition coefficient (Wildman–Crippen LogP) is 2.27. The molecule has 3 N–H and O–H groups in total. The van der Waals surface area contributed by atoms with Gasteiger partial charge < -0.3 is 24.5 Å². The van der Waals surface area contributed by atoms with E-state index in [2.05, 4.69) is 0 Å². The van der Waals surface area contributed by atoms with E-state index in [0.717, 1.165) is 12.1 Å². The van der Waals surface area contributed by atoms with Gasteiger partial charge in [-0.15, -0.1) is 0 Å². The molecule has 1 amide bonds. The third-order valence-corrected chi connectivity index (χ3v) is 4.42. The van der Waals surface area contributed by atoms with Gasteiger partial charge in [-0.2, -0.15) is 8.78 Å². The fraction of sp³-hybridized carbons (Fsp3) is 0.211. The summed E-state index contributed by atoms with van der Waals surface area (Å²) in [7, 11) is -0.642. The number of halogens is 2. The highest BCUT2D eigenvalue weighted by Gasteiger charge is 2.43. The quantitative estimate of drug-likeness (QED) is 0.540. The summed E-state index contributed by atoms with van der Waals surface area (Å²) in [5.41, 5.74) is 0.589. The van der Waals surface area contributed by atoms with Crippen molar-refractivity contribution < 1.29 is 32.8 Å². The Morgan fingerprint density at radius 1 is 1.21 bits per heavy atom. The molecule has 0 radical (unpaired) electrons. The molecule has 0 aliphatic carbocycles. The fourth-order valence-electron chi connectivity index (χ4n) is 2.85. The van der Waals surface area contributed by atoms with Gasteiger partial charge in [0.15, 0.2) is 0 Å². The Balaban J connectivity index is 1.78. The van der Waals surface area contributed by atoms with Crippen LogP contribution in [-0.4, -0.2) is 36.1 Å². The van der Waals surface area contributed by atoms with Crippen molar-refractivity contribution in [2.24, 2.45) is 0 Å². The number of para-hydroxylation sites is 1. The summed E-state index contributed by atoms with van der Waals surface area (Å²) < 4.78 is 39.3. The van der Waals surface area contributed by atoms with Gasteiger partial charge in [-0.25, -0.2) is 0 Å². The van der Waals surface area contributed by atoms with Crippen molar-refractivity contribution in [3.05, 3.63) is 65.9 Å². The molecular formula is C19H18BF2NO5. The van der Waals surface area contributed by atoms with Crippen LogP contribution in [0.4, 0.5) is 8.78 Å². The topological polar surface area (TPSA) is 91.9 Å². The van der Waals surface area contributed by atoms with Gasteiger partial charge in [-0.3, -0.25) is 4.79 Å². The molecule has 146 valence electrons. The molecule has 9 heteroatoms. The zero-order valence-electron chi connectivity index (χ0n) is 14.9. The first-order valence-corrected chi connectivity index (χ1v) is 8.47. The van der Waals surface area contributed by atoms with Crippen LogP contribution in [0.1, 0.15) is 11.1 Å². The van der Waals surface area contributed by atoms with E-state index in [1.807, 2.05) is 5.32 Å². The van der Waals surface area contributed by atoms with Gasteiger partial charge >= 0.3 is 13.0 Å². The number of nitrogens with one attached hydrogen (secondary N) is 1. The summed E-state index contributed by atoms with van der Waals surface area (Å²) >= 11 is 0. The summed E-state index contributed by atoms with van der Waals surface area (Å²) in [6.45, 7) is 0. The van der Waals surface area contributed by atoms with Crippen LogP contribution in [0.25, 0.3) is 11.0 Å². The number of amides is 1. The Kier molecular flexibility index (Phi) is 5.67. The predicted molar refractivity (Wildman–Crippen MR) is 98.9 cm³/mol. The Labute approximate surface area is 159 Å². The molecule has 0 saturated heterocycles. The maximum atomic E-state index is 14.5. The first-order chi connectivity index (χ1) is 13.3. The van der Waals surface area contributed by atoms with Crippen LogP contribution >= 0.6 is 0 Å². The smallest absolute Gasteiger partial charge is 0.475 e. The average Bonchev–Trinajstić information content (AvgIpc) is 3.10. The minimum absolute atomic E-state index is 0.0981. The van der Waals surface area contributed by atoms with Crippen LogP contribution in [0.3, 0.4) is 0 Å². The standard InChI is InChI=1S/C19H18BF2NO5/c1-27-14-8-6-13(7-9-14)19(21,22)18(24)23-17(20(25)26)10-12-11-28-16-5-3-2-4-15(12)16/h2-9,11,17,25-26H,10H2,1H3,(H,23,24)/t17-/m0/s1. The lowest BCUT2D eigenvalue weighted by molar-refractivity contribution is -0.147. The molecule has 0 unspecified atom stereocenters. The van der Waals surface area contributed by atoms with Crippen molar-refractivity contribution in [2.75, 3.05) is 7.11 Å². The molecule has 1 heterocycles. The highest BCUT2D eigenvalue weighted by atomic mass is 19.3. The molecule has 6 nitrogen and oxygen atoms in total. The second-order valence-electron chi connectivity index (χ2n) is 6.26. The molecule has 0 aliphatic rings. The highest BCUT2D eigenvalue weighted by molar-refractivity contribution is 6.43. The maximum Gasteiger partial charge on any atom is 0.475 e. The lowest BCUT2D eigenvalue weighted by Gasteiger charge is -2.22. The molecule has 28 heavy (non-hydrogen) atoms. The number of alkyl halides is 2. The van der Waals surface area contributed by atoms with E-state index in [4.69, 9.17) is 9.15 Å². The lowest BCUT2D eigenvalue weighted by atomic mass is 9.75. The molecule has 0 fully saturated rings. The molecule has 2 aromatic carbocycles. The molecule has 3 aromatic rings. The third-order valence-electron chi connectivity index (χ3n) is 4.42. The summed E-state index contributed by atoms with van der Waals surface area (Å²) in [5.74, 6) is -6.48. The van der Waals surface area contributed by atoms with E-state index in [0.29, 0.717) is 22.3 Å². The molecule has 1 atom stereocenters. The third kappa shape index (κ3) is 4.00. The minimum Gasteiger partial charge on any atom is -0.497 e. The van der Waals surface area contributed by atoms with Gasteiger partial charge in [0.1, 0.15) is 11.3 Å². The largest absolute Gasteiger partial charge is 0.497 e. The number of furan rings is 1. The van der Waals surface area contributed by atoms with Crippen LogP contribution in [0.5, 0.6) is 5.75 Å². The fourth-order valence-corrected chi connectivity index (χ4v) is 2.85. The second-order valence-corrected chi connectivity index (χ2v) is 6.26. The van der Waals surface area contributed by atoms with E-state index in [1.165, 1.54) is 25.5 Å². The average molecular weight is 389 g/mol. The summed E-state index contributed by atoms with van der Waals surface area (Å²) in [6, 6.07) is 11.8. The van der Waals surface area contributed by atoms with Crippen molar-refractivity contribution in [1.29, 1.82) is 0 Å². The van der Waals surface area contributed by atoms with E-state index in [1.54, 1.807) is 24.3 Å². The highest BCUT2D eigenvalue weighted by Crippen LogP contribution is 2.30. The molecule has 3 rings (SSSR count). The molecular weight excluding hydrogens is 371 g/mol. The normalized spacial score (nSPS) is 12.6. The van der Waals surface area contributed by atoms with Gasteiger partial charge in [0.2, 0.25) is 0 Å². The number of ether oxygens (including phenoxy) is 1. The Morgan fingerprint density at radius 2 is 1.89 bits per heavy atom. The molecule has 0 spiro atoms. The van der Waals surface area contributed by atoms with E-state index >= 15 is 0 Å². The van der Waals surface area contributed by atoms with E-state index in [9.17, 15) is 23.6 Å². The maximum absolute atomic E-state index is 14.5. The van der Waals surface area contributed by atoms with Crippen molar-refractivity contribution in [3.8, 4) is 5.75 Å². The second kappa shape index (κ2) is 7.99. The van der Waals surface area contributed by atoms with Gasteiger partial charge in [-0.05, 0) is 42.3 Å². The number of carbonyl (C=O) groups is 1. The molecule has 0 saturated carbocycles. The first-order valence-electron chi connectivity index (χ1n) is 8.47. The van der Waals surface area contributed by atoms with Crippen LogP contribution in [0.2, 0.25) is 0 Å². The van der Waals surface area contributed by atoms with Crippen molar-refractivity contribution >= 4 is 24.0 Å². The van der Waals surface area contributed by atoms with Crippen LogP contribution in [-0.2, 0) is 17.1 Å². The van der Waals surface area contributed by atoms with Gasteiger partial charge in [0.05, 0.1) is 19.3 Å². The Morgan fingerprint density at radius 3 is 2.54 bits per heavy atom. The Hall–Kier alpha value is -2.91. The van der Waals surface area contributed by atoms with Gasteiger partial charge in [-0.1, -0.05) is 18.2 Å². The zero-order valence-corrected chi connectivity index (χ0v) is 14.9. The van der Waals surface area contributed by atoms with Crippen LogP contribution < -0.4 is 10.1 Å². The van der Waals surface area contributed by atoms with Crippen molar-refractivity contribution in [2.45, 2.75) is 18.3 Å². The molecule has 0 aliphatic heterocycles. The van der Waals surface area contributed by atoms with E-state index in [-0.39, 0.29) is 6.42 Å². The SMILES string of the molecule is COc1ccc(C(F)(F)C(=O)N[C@@H](Cc2coc3ccccc23)B(O)O)cc1.